The van der Waals surface area contributed by atoms with Gasteiger partial charge in [-0.25, -0.2) is 4.79 Å². The van der Waals surface area contributed by atoms with Crippen molar-refractivity contribution in [3.63, 3.8) is 0 Å². The number of hydrogen-bond acceptors (Lipinski definition) is 3. The van der Waals surface area contributed by atoms with Crippen LogP contribution in [-0.2, 0) is 0 Å². The molecule has 0 amide bonds. The molecular weight excluding hydrogens is 400 g/mol. The number of benzene rings is 3. The first-order valence-electron chi connectivity index (χ1n) is 9.18. The molecule has 1 aromatic heterocycles. The lowest BCUT2D eigenvalue weighted by atomic mass is 10.2. The minimum absolute atomic E-state index is 0.250. The molecule has 4 aromatic rings. The van der Waals surface area contributed by atoms with E-state index in [4.69, 9.17) is 21.4 Å². The predicted octanol–water partition coefficient (Wildman–Crippen LogP) is 6.37. The first-order valence-corrected chi connectivity index (χ1v) is 9.55. The summed E-state index contributed by atoms with van der Waals surface area (Å²) in [4.78, 5) is 15.5. The van der Waals surface area contributed by atoms with Crippen molar-refractivity contribution >= 4 is 29.5 Å². The highest BCUT2D eigenvalue weighted by atomic mass is 35.5. The fraction of sp³-hybridized carbons (Fsp3) is 0. The van der Waals surface area contributed by atoms with Gasteiger partial charge in [0.25, 0.3) is 0 Å². The van der Waals surface area contributed by atoms with Crippen LogP contribution in [0.5, 0.6) is 11.5 Å². The van der Waals surface area contributed by atoms with Gasteiger partial charge in [0.2, 0.25) is 0 Å². The Hall–Kier alpha value is -3.83. The van der Waals surface area contributed by atoms with Crippen LogP contribution in [0.1, 0.15) is 16.1 Å². The zero-order chi connectivity index (χ0) is 20.9. The summed E-state index contributed by atoms with van der Waals surface area (Å²) in [7, 11) is 0. The Morgan fingerprint density at radius 2 is 1.67 bits per heavy atom. The van der Waals surface area contributed by atoms with Crippen LogP contribution in [0.15, 0.2) is 96.1 Å². The van der Waals surface area contributed by atoms with E-state index in [1.165, 1.54) is 0 Å². The number of nitrogens with zero attached hydrogens (tertiary/aromatic N) is 2. The average Bonchev–Trinajstić information content (AvgIpc) is 3.23. The largest absolute Gasteiger partial charge is 0.478 e. The zero-order valence-corrected chi connectivity index (χ0v) is 16.5. The van der Waals surface area contributed by atoms with Crippen molar-refractivity contribution in [2.24, 2.45) is 4.99 Å². The molecule has 1 heterocycles. The Balaban J connectivity index is 1.49. The second-order valence-corrected chi connectivity index (χ2v) is 6.85. The van der Waals surface area contributed by atoms with Crippen LogP contribution in [0.4, 0.5) is 5.69 Å². The van der Waals surface area contributed by atoms with Crippen LogP contribution in [0.3, 0.4) is 0 Å². The lowest BCUT2D eigenvalue weighted by molar-refractivity contribution is 0.0697. The molecule has 0 unspecified atom stereocenters. The lowest BCUT2D eigenvalue weighted by Gasteiger charge is -2.08. The molecule has 0 spiro atoms. The summed E-state index contributed by atoms with van der Waals surface area (Å²) in [6.45, 7) is 0. The number of aliphatic imine (C=N–C) groups is 1. The molecule has 0 aliphatic rings. The van der Waals surface area contributed by atoms with Crippen molar-refractivity contribution < 1.29 is 14.6 Å². The first kappa shape index (κ1) is 19.5. The monoisotopic (exact) mass is 416 g/mol. The third-order valence-electron chi connectivity index (χ3n) is 4.42. The van der Waals surface area contributed by atoms with E-state index >= 15 is 0 Å². The van der Waals surface area contributed by atoms with E-state index in [0.717, 1.165) is 17.1 Å². The molecule has 3 aromatic carbocycles. The maximum absolute atomic E-state index is 11.0. The number of carboxylic acids is 1. The van der Waals surface area contributed by atoms with Gasteiger partial charge in [-0.2, -0.15) is 0 Å². The molecule has 4 rings (SSSR count). The number of halogens is 1. The Labute approximate surface area is 178 Å². The van der Waals surface area contributed by atoms with Gasteiger partial charge in [0.05, 0.1) is 28.2 Å². The summed E-state index contributed by atoms with van der Waals surface area (Å²) in [6.07, 6.45) is 3.66. The molecule has 0 bridgehead atoms. The third kappa shape index (κ3) is 4.42. The molecule has 5 nitrogen and oxygen atoms in total. The molecule has 0 saturated heterocycles. The van der Waals surface area contributed by atoms with Crippen LogP contribution in [0, 0.1) is 0 Å². The smallest absolute Gasteiger partial charge is 0.335 e. The SMILES string of the molecule is O=C(O)c1ccc(-n2cccc2C=Nc2ccc(Oc3ccccc3Cl)cc2)cc1. The van der Waals surface area contributed by atoms with Gasteiger partial charge in [0.1, 0.15) is 11.5 Å². The van der Waals surface area contributed by atoms with Gasteiger partial charge in [-0.1, -0.05) is 23.7 Å². The summed E-state index contributed by atoms with van der Waals surface area (Å²) >= 11 is 6.12. The summed E-state index contributed by atoms with van der Waals surface area (Å²) < 4.78 is 7.72. The molecular formula is C24H17ClN2O3. The number of aromatic carboxylic acids is 1. The van der Waals surface area contributed by atoms with Crippen molar-refractivity contribution in [1.82, 2.24) is 4.57 Å². The van der Waals surface area contributed by atoms with Crippen LogP contribution >= 0.6 is 11.6 Å². The highest BCUT2D eigenvalue weighted by Crippen LogP contribution is 2.29. The molecule has 30 heavy (non-hydrogen) atoms. The Morgan fingerprint density at radius 1 is 0.933 bits per heavy atom. The topological polar surface area (TPSA) is 63.8 Å². The quantitative estimate of drug-likeness (QED) is 0.371. The standard InChI is InChI=1S/C24H17ClN2O3/c25-22-5-1-2-6-23(22)30-21-13-9-18(10-14-21)26-16-20-4-3-15-27(20)19-11-7-17(8-12-19)24(28)29/h1-16H,(H,28,29). The fourth-order valence-corrected chi connectivity index (χ4v) is 3.07. The van der Waals surface area contributed by atoms with Crippen LogP contribution < -0.4 is 4.74 Å². The number of rotatable bonds is 6. The highest BCUT2D eigenvalue weighted by molar-refractivity contribution is 6.32. The van der Waals surface area contributed by atoms with Gasteiger partial charge in [-0.15, -0.1) is 0 Å². The molecule has 0 saturated carbocycles. The van der Waals surface area contributed by atoms with Gasteiger partial charge < -0.3 is 14.4 Å². The van der Waals surface area contributed by atoms with Crippen molar-refractivity contribution in [3.05, 3.63) is 107 Å². The van der Waals surface area contributed by atoms with E-state index in [9.17, 15) is 4.79 Å². The predicted molar refractivity (Wildman–Crippen MR) is 118 cm³/mol. The molecule has 148 valence electrons. The number of carboxylic acid groups (broad SMARTS) is 1. The maximum atomic E-state index is 11.0. The minimum Gasteiger partial charge on any atom is -0.478 e. The summed E-state index contributed by atoms with van der Waals surface area (Å²) in [5.41, 5.74) is 2.75. The van der Waals surface area contributed by atoms with Crippen LogP contribution in [0.25, 0.3) is 5.69 Å². The molecule has 0 aliphatic carbocycles. The normalized spacial score (nSPS) is 11.0. The molecule has 0 radical (unpaired) electrons. The molecule has 0 fully saturated rings. The Morgan fingerprint density at radius 3 is 2.37 bits per heavy atom. The van der Waals surface area contributed by atoms with Crippen LogP contribution in [-0.4, -0.2) is 21.9 Å². The van der Waals surface area contributed by atoms with Crippen molar-refractivity contribution in [3.8, 4) is 17.2 Å². The Bertz CT molecular complexity index is 1200. The van der Waals surface area contributed by atoms with E-state index in [1.54, 1.807) is 36.5 Å². The van der Waals surface area contributed by atoms with E-state index in [-0.39, 0.29) is 5.56 Å². The number of aromatic nitrogens is 1. The summed E-state index contributed by atoms with van der Waals surface area (Å²) in [5, 5.41) is 9.60. The maximum Gasteiger partial charge on any atom is 0.335 e. The summed E-state index contributed by atoms with van der Waals surface area (Å²) in [5.74, 6) is 0.323. The van der Waals surface area contributed by atoms with Gasteiger partial charge >= 0.3 is 5.97 Å². The summed E-state index contributed by atoms with van der Waals surface area (Å²) in [6, 6.07) is 25.2. The van der Waals surface area contributed by atoms with Crippen molar-refractivity contribution in [1.29, 1.82) is 0 Å². The fourth-order valence-electron chi connectivity index (χ4n) is 2.89. The number of carbonyl (C=O) groups is 1. The third-order valence-corrected chi connectivity index (χ3v) is 4.73. The molecule has 0 atom stereocenters. The van der Waals surface area contributed by atoms with E-state index in [0.29, 0.717) is 16.5 Å². The van der Waals surface area contributed by atoms with E-state index < -0.39 is 5.97 Å². The van der Waals surface area contributed by atoms with Crippen molar-refractivity contribution in [2.45, 2.75) is 0 Å². The van der Waals surface area contributed by atoms with E-state index in [2.05, 4.69) is 4.99 Å². The van der Waals surface area contributed by atoms with Gasteiger partial charge in [-0.05, 0) is 72.8 Å². The molecule has 6 heteroatoms. The number of hydrogen-bond donors (Lipinski definition) is 1. The first-order chi connectivity index (χ1) is 14.6. The second-order valence-electron chi connectivity index (χ2n) is 6.44. The van der Waals surface area contributed by atoms with Gasteiger partial charge in [0, 0.05) is 11.9 Å². The van der Waals surface area contributed by atoms with Gasteiger partial charge in [-0.3, -0.25) is 4.99 Å². The number of para-hydroxylation sites is 1. The minimum atomic E-state index is -0.946. The number of ether oxygens (including phenoxy) is 1. The van der Waals surface area contributed by atoms with E-state index in [1.807, 2.05) is 65.4 Å². The molecule has 1 N–H and O–H groups in total. The molecule has 0 aliphatic heterocycles. The van der Waals surface area contributed by atoms with Gasteiger partial charge in [0.15, 0.2) is 0 Å². The highest BCUT2D eigenvalue weighted by Gasteiger charge is 2.05. The van der Waals surface area contributed by atoms with Crippen LogP contribution in [0.2, 0.25) is 5.02 Å². The second kappa shape index (κ2) is 8.68. The van der Waals surface area contributed by atoms with Crippen molar-refractivity contribution in [2.75, 3.05) is 0 Å². The zero-order valence-electron chi connectivity index (χ0n) is 15.8. The Kier molecular flexibility index (Phi) is 5.63. The lowest BCUT2D eigenvalue weighted by Crippen LogP contribution is -2.00. The average molecular weight is 417 g/mol.